The monoisotopic (exact) mass is 492 g/mol. The zero-order valence-corrected chi connectivity index (χ0v) is 18.1. The van der Waals surface area contributed by atoms with E-state index in [1.54, 1.807) is 0 Å². The second kappa shape index (κ2) is 7.87. The zero-order chi connectivity index (χ0) is 21.6. The maximum absolute atomic E-state index is 12.9. The summed E-state index contributed by atoms with van der Waals surface area (Å²) in [6, 6.07) is 11.2. The van der Waals surface area contributed by atoms with E-state index in [0.29, 0.717) is 0 Å². The van der Waals surface area contributed by atoms with Crippen LogP contribution in [-0.2, 0) is 14.9 Å². The lowest BCUT2D eigenvalue weighted by Crippen LogP contribution is -2.38. The summed E-state index contributed by atoms with van der Waals surface area (Å²) in [6.45, 7) is 0. The Labute approximate surface area is 186 Å². The minimum atomic E-state index is -4.99. The number of halogens is 4. The molecule has 5 nitrogen and oxygen atoms in total. The second-order valence-corrected chi connectivity index (χ2v) is 9.35. The van der Waals surface area contributed by atoms with E-state index < -0.39 is 14.9 Å². The Balaban J connectivity index is 2.56. The van der Waals surface area contributed by atoms with E-state index in [0.717, 1.165) is 6.07 Å². The van der Waals surface area contributed by atoms with E-state index in [9.17, 15) is 23.2 Å². The van der Waals surface area contributed by atoms with Gasteiger partial charge >= 0.3 is 0 Å². The Kier molecular flexibility index (Phi) is 5.98. The molecular formula is C19H12Cl4O5S. The fraction of sp³-hybridized carbons (Fsp3) is 0.0526. The number of hydrogen-bond acceptors (Lipinski definition) is 4. The predicted octanol–water partition coefficient (Wildman–Crippen LogP) is 5.89. The second-order valence-electron chi connectivity index (χ2n) is 6.16. The Bertz CT molecular complexity index is 1150. The molecule has 29 heavy (non-hydrogen) atoms. The molecule has 0 aliphatic carbocycles. The summed E-state index contributed by atoms with van der Waals surface area (Å²) in [6.07, 6.45) is 0. The third kappa shape index (κ3) is 3.89. The molecule has 3 aromatic carbocycles. The Morgan fingerprint density at radius 2 is 1.21 bits per heavy atom. The molecule has 152 valence electrons. The maximum atomic E-state index is 12.9. The molecule has 0 bridgehead atoms. The van der Waals surface area contributed by atoms with Crippen LogP contribution in [0.2, 0.25) is 20.1 Å². The summed E-state index contributed by atoms with van der Waals surface area (Å²) in [4.78, 5) is 0. The van der Waals surface area contributed by atoms with Crippen molar-refractivity contribution in [1.29, 1.82) is 0 Å². The summed E-state index contributed by atoms with van der Waals surface area (Å²) < 4.78 is 34.0. The van der Waals surface area contributed by atoms with Crippen molar-refractivity contribution >= 4 is 56.5 Å². The van der Waals surface area contributed by atoms with Gasteiger partial charge in [0.1, 0.15) is 11.5 Å². The smallest absolute Gasteiger partial charge is 0.283 e. The largest absolute Gasteiger partial charge is 0.508 e. The Morgan fingerprint density at radius 1 is 0.690 bits per heavy atom. The summed E-state index contributed by atoms with van der Waals surface area (Å²) in [5, 5.41) is 19.6. The molecule has 0 saturated heterocycles. The van der Waals surface area contributed by atoms with Gasteiger partial charge in [-0.1, -0.05) is 58.5 Å². The molecule has 0 aliphatic heterocycles. The third-order valence-electron chi connectivity index (χ3n) is 4.34. The lowest BCUT2D eigenvalue weighted by molar-refractivity contribution is 0.455. The lowest BCUT2D eigenvalue weighted by atomic mass is 9.84. The first-order valence-electron chi connectivity index (χ1n) is 7.88. The van der Waals surface area contributed by atoms with Gasteiger partial charge in [0.25, 0.3) is 10.1 Å². The van der Waals surface area contributed by atoms with Crippen LogP contribution >= 0.6 is 46.4 Å². The van der Waals surface area contributed by atoms with Crippen molar-refractivity contribution < 1.29 is 23.2 Å². The number of phenolic OH excluding ortho intramolecular Hbond substituents is 2. The first-order chi connectivity index (χ1) is 13.5. The van der Waals surface area contributed by atoms with Gasteiger partial charge in [-0.15, -0.1) is 0 Å². The molecule has 10 heteroatoms. The minimum absolute atomic E-state index is 0.000897. The highest BCUT2D eigenvalue weighted by atomic mass is 35.5. The predicted molar refractivity (Wildman–Crippen MR) is 114 cm³/mol. The van der Waals surface area contributed by atoms with Gasteiger partial charge < -0.3 is 10.2 Å². The summed E-state index contributed by atoms with van der Waals surface area (Å²) in [5.74, 6) is -0.454. The molecule has 0 radical (unpaired) electrons. The van der Waals surface area contributed by atoms with Gasteiger partial charge in [-0.3, -0.25) is 4.55 Å². The molecule has 3 N–H and O–H groups in total. The first kappa shape index (κ1) is 22.0. The molecule has 0 aromatic heterocycles. The minimum Gasteiger partial charge on any atom is -0.508 e. The van der Waals surface area contributed by atoms with Crippen LogP contribution in [0.1, 0.15) is 16.7 Å². The van der Waals surface area contributed by atoms with Gasteiger partial charge in [0.15, 0.2) is 4.75 Å². The van der Waals surface area contributed by atoms with Crippen molar-refractivity contribution in [3.63, 3.8) is 0 Å². The van der Waals surface area contributed by atoms with Crippen molar-refractivity contribution in [1.82, 2.24) is 0 Å². The van der Waals surface area contributed by atoms with E-state index in [1.165, 1.54) is 48.5 Å². The van der Waals surface area contributed by atoms with E-state index >= 15 is 0 Å². The topological polar surface area (TPSA) is 94.8 Å². The van der Waals surface area contributed by atoms with Crippen LogP contribution in [0.5, 0.6) is 11.5 Å². The molecule has 1 unspecified atom stereocenters. The average Bonchev–Trinajstić information content (AvgIpc) is 2.59. The highest BCUT2D eigenvalue weighted by molar-refractivity contribution is 7.87. The quantitative estimate of drug-likeness (QED) is 0.239. The number of rotatable bonds is 4. The molecule has 0 fully saturated rings. The fourth-order valence-corrected chi connectivity index (χ4v) is 5.27. The number of hydrogen-bond donors (Lipinski definition) is 3. The van der Waals surface area contributed by atoms with Gasteiger partial charge in [0.2, 0.25) is 0 Å². The fourth-order valence-electron chi connectivity index (χ4n) is 3.18. The highest BCUT2D eigenvalue weighted by Crippen LogP contribution is 2.48. The molecular weight excluding hydrogens is 482 g/mol. The molecule has 0 heterocycles. The SMILES string of the molecule is O=S(=O)(O)C(c1ccc(O)cc1)(c1cc(O)cc(Cl)c1)c1cc(Cl)c(Cl)c(Cl)c1. The van der Waals surface area contributed by atoms with Crippen LogP contribution in [0.15, 0.2) is 54.6 Å². The molecule has 3 aromatic rings. The van der Waals surface area contributed by atoms with E-state index in [2.05, 4.69) is 0 Å². The number of aromatic hydroxyl groups is 2. The lowest BCUT2D eigenvalue weighted by Gasteiger charge is -2.33. The van der Waals surface area contributed by atoms with Gasteiger partial charge in [-0.25, -0.2) is 0 Å². The van der Waals surface area contributed by atoms with Crippen molar-refractivity contribution in [3.05, 3.63) is 91.4 Å². The van der Waals surface area contributed by atoms with E-state index in [4.69, 9.17) is 46.4 Å². The van der Waals surface area contributed by atoms with Crippen molar-refractivity contribution in [2.75, 3.05) is 0 Å². The first-order valence-corrected chi connectivity index (χ1v) is 10.8. The van der Waals surface area contributed by atoms with E-state index in [1.807, 2.05) is 0 Å². The Hall–Kier alpha value is -1.67. The molecule has 0 spiro atoms. The molecule has 0 saturated carbocycles. The number of phenols is 2. The summed E-state index contributed by atoms with van der Waals surface area (Å²) >= 11 is 24.3. The normalized spacial score (nSPS) is 13.8. The van der Waals surface area contributed by atoms with Crippen molar-refractivity contribution in [2.24, 2.45) is 0 Å². The van der Waals surface area contributed by atoms with Crippen molar-refractivity contribution in [2.45, 2.75) is 4.75 Å². The zero-order valence-electron chi connectivity index (χ0n) is 14.3. The highest BCUT2D eigenvalue weighted by Gasteiger charge is 2.49. The third-order valence-corrected chi connectivity index (χ3v) is 7.24. The van der Waals surface area contributed by atoms with Gasteiger partial charge in [0, 0.05) is 5.02 Å². The average molecular weight is 494 g/mol. The van der Waals surface area contributed by atoms with Gasteiger partial charge in [-0.05, 0) is 59.2 Å². The Morgan fingerprint density at radius 3 is 1.69 bits per heavy atom. The van der Waals surface area contributed by atoms with Crippen LogP contribution in [0.4, 0.5) is 0 Å². The molecule has 0 aliphatic rings. The van der Waals surface area contributed by atoms with Crippen molar-refractivity contribution in [3.8, 4) is 11.5 Å². The van der Waals surface area contributed by atoms with E-state index in [-0.39, 0.29) is 48.3 Å². The van der Waals surface area contributed by atoms with Gasteiger partial charge in [-0.2, -0.15) is 8.42 Å². The summed E-state index contributed by atoms with van der Waals surface area (Å²) in [7, 11) is -4.99. The molecule has 3 rings (SSSR count). The van der Waals surface area contributed by atoms with Crippen LogP contribution in [0, 0.1) is 0 Å². The number of benzene rings is 3. The van der Waals surface area contributed by atoms with Crippen LogP contribution in [-0.4, -0.2) is 23.2 Å². The van der Waals surface area contributed by atoms with Gasteiger partial charge in [0.05, 0.1) is 15.1 Å². The molecule has 1 atom stereocenters. The van der Waals surface area contributed by atoms with Crippen LogP contribution < -0.4 is 0 Å². The molecule has 0 amide bonds. The van der Waals surface area contributed by atoms with Crippen LogP contribution in [0.3, 0.4) is 0 Å². The maximum Gasteiger partial charge on any atom is 0.283 e. The standard InChI is InChI=1S/C19H12Cl4O5S/c20-13-5-11(6-15(25)9-13)19(29(26,27)28,10-1-3-14(24)4-2-10)12-7-16(21)18(23)17(22)8-12/h1-9,24-25H,(H,26,27,28). The summed E-state index contributed by atoms with van der Waals surface area (Å²) in [5.41, 5.74) is -0.0918. The van der Waals surface area contributed by atoms with Crippen LogP contribution in [0.25, 0.3) is 0 Å².